The van der Waals surface area contributed by atoms with Crippen LogP contribution in [0.25, 0.3) is 11.3 Å². The van der Waals surface area contributed by atoms with Gasteiger partial charge in [0.25, 0.3) is 5.56 Å². The van der Waals surface area contributed by atoms with Crippen LogP contribution in [0.3, 0.4) is 0 Å². The maximum Gasteiger partial charge on any atom is 0.341 e. The van der Waals surface area contributed by atoms with Crippen molar-refractivity contribution < 1.29 is 15.0 Å². The van der Waals surface area contributed by atoms with Gasteiger partial charge in [0.2, 0.25) is 0 Å². The Balaban J connectivity index is 2.64. The highest BCUT2D eigenvalue weighted by molar-refractivity contribution is 5.87. The maximum absolute atomic E-state index is 12.1. The third-order valence-corrected chi connectivity index (χ3v) is 3.08. The predicted octanol–water partition coefficient (Wildman–Crippen LogP) is 1.51. The highest BCUT2D eigenvalue weighted by atomic mass is 16.4. The number of carboxylic acid groups (broad SMARTS) is 1. The quantitative estimate of drug-likeness (QED) is 0.885. The summed E-state index contributed by atoms with van der Waals surface area (Å²) in [6, 6.07) is 10.4. The molecule has 20 heavy (non-hydrogen) atoms. The van der Waals surface area contributed by atoms with Crippen LogP contribution in [0.2, 0.25) is 0 Å². The molecule has 0 saturated heterocycles. The van der Waals surface area contributed by atoms with Crippen molar-refractivity contribution >= 4 is 5.97 Å². The van der Waals surface area contributed by atoms with Crippen LogP contribution in [0.15, 0.2) is 41.2 Å². The van der Waals surface area contributed by atoms with Crippen molar-refractivity contribution in [2.24, 2.45) is 0 Å². The molecule has 0 amide bonds. The van der Waals surface area contributed by atoms with Crippen molar-refractivity contribution in [3.8, 4) is 11.3 Å². The van der Waals surface area contributed by atoms with Crippen LogP contribution in [0.1, 0.15) is 15.9 Å². The first-order chi connectivity index (χ1) is 9.54. The predicted molar refractivity (Wildman–Crippen MR) is 74.9 cm³/mol. The number of carbonyl (C=O) groups is 1. The van der Waals surface area contributed by atoms with Gasteiger partial charge in [0.15, 0.2) is 0 Å². The first kappa shape index (κ1) is 14.0. The fourth-order valence-electron chi connectivity index (χ4n) is 2.04. The summed E-state index contributed by atoms with van der Waals surface area (Å²) in [7, 11) is 0. The number of aliphatic hydroxyl groups is 1. The summed E-state index contributed by atoms with van der Waals surface area (Å²) in [5, 5.41) is 18.1. The average Bonchev–Trinajstić information content (AvgIpc) is 2.42. The van der Waals surface area contributed by atoms with Crippen LogP contribution in [-0.4, -0.2) is 27.4 Å². The summed E-state index contributed by atoms with van der Waals surface area (Å²) in [5.41, 5.74) is 1.58. The van der Waals surface area contributed by atoms with Gasteiger partial charge in [-0.05, 0) is 24.6 Å². The third kappa shape index (κ3) is 2.62. The minimum absolute atomic E-state index is 0.0587. The number of benzene rings is 1. The van der Waals surface area contributed by atoms with Gasteiger partial charge in [0.05, 0.1) is 12.3 Å². The van der Waals surface area contributed by atoms with E-state index in [0.717, 1.165) is 11.1 Å². The Bertz CT molecular complexity index is 686. The average molecular weight is 273 g/mol. The molecule has 104 valence electrons. The normalized spacial score (nSPS) is 10.5. The fraction of sp³-hybridized carbons (Fsp3) is 0.200. The van der Waals surface area contributed by atoms with Gasteiger partial charge >= 0.3 is 5.97 Å². The van der Waals surface area contributed by atoms with Crippen LogP contribution < -0.4 is 5.56 Å². The molecule has 0 unspecified atom stereocenters. The van der Waals surface area contributed by atoms with E-state index in [4.69, 9.17) is 10.2 Å². The van der Waals surface area contributed by atoms with Gasteiger partial charge in [-0.3, -0.25) is 4.79 Å². The van der Waals surface area contributed by atoms with Crippen molar-refractivity contribution in [2.45, 2.75) is 13.5 Å². The van der Waals surface area contributed by atoms with Gasteiger partial charge in [0.1, 0.15) is 5.56 Å². The Morgan fingerprint density at radius 3 is 2.35 bits per heavy atom. The van der Waals surface area contributed by atoms with E-state index in [9.17, 15) is 9.59 Å². The van der Waals surface area contributed by atoms with E-state index in [0.29, 0.717) is 5.69 Å². The smallest absolute Gasteiger partial charge is 0.341 e. The fourth-order valence-corrected chi connectivity index (χ4v) is 2.04. The molecule has 0 aliphatic carbocycles. The topological polar surface area (TPSA) is 79.5 Å². The molecule has 1 aromatic carbocycles. The Kier molecular flexibility index (Phi) is 4.00. The van der Waals surface area contributed by atoms with Gasteiger partial charge in [0, 0.05) is 6.54 Å². The summed E-state index contributed by atoms with van der Waals surface area (Å²) in [6.45, 7) is 1.78. The second kappa shape index (κ2) is 5.71. The van der Waals surface area contributed by atoms with Gasteiger partial charge in [-0.2, -0.15) is 0 Å². The number of aromatic carboxylic acids is 1. The van der Waals surface area contributed by atoms with Gasteiger partial charge in [-0.1, -0.05) is 29.8 Å². The molecular formula is C15H15NO4. The number of pyridine rings is 1. The first-order valence-corrected chi connectivity index (χ1v) is 6.19. The van der Waals surface area contributed by atoms with E-state index in [-0.39, 0.29) is 18.7 Å². The van der Waals surface area contributed by atoms with E-state index in [1.165, 1.54) is 10.6 Å². The zero-order chi connectivity index (χ0) is 14.7. The number of aromatic nitrogens is 1. The molecule has 0 spiro atoms. The monoisotopic (exact) mass is 273 g/mol. The van der Waals surface area contributed by atoms with Crippen molar-refractivity contribution in [3.63, 3.8) is 0 Å². The lowest BCUT2D eigenvalue weighted by molar-refractivity contribution is 0.0694. The number of hydrogen-bond donors (Lipinski definition) is 2. The van der Waals surface area contributed by atoms with Gasteiger partial charge < -0.3 is 14.8 Å². The lowest BCUT2D eigenvalue weighted by Gasteiger charge is -2.13. The number of hydrogen-bond acceptors (Lipinski definition) is 3. The molecule has 1 heterocycles. The van der Waals surface area contributed by atoms with E-state index in [1.807, 2.05) is 31.2 Å². The highest BCUT2D eigenvalue weighted by Crippen LogP contribution is 2.19. The minimum Gasteiger partial charge on any atom is -0.477 e. The largest absolute Gasteiger partial charge is 0.477 e. The molecule has 1 aromatic heterocycles. The number of carboxylic acids is 1. The Morgan fingerprint density at radius 2 is 1.80 bits per heavy atom. The van der Waals surface area contributed by atoms with Gasteiger partial charge in [-0.25, -0.2) is 4.79 Å². The molecule has 2 N–H and O–H groups in total. The molecule has 2 aromatic rings. The molecule has 0 fully saturated rings. The standard InChI is InChI=1S/C15H15NO4/c1-10-2-4-11(5-3-10)13-7-6-12(15(19)20)14(18)16(13)8-9-17/h2-7,17H,8-9H2,1H3,(H,19,20). The van der Waals surface area contributed by atoms with E-state index in [2.05, 4.69) is 0 Å². The molecule has 5 heteroatoms. The SMILES string of the molecule is Cc1ccc(-c2ccc(C(=O)O)c(=O)n2CCO)cc1. The van der Waals surface area contributed by atoms with Crippen LogP contribution in [0.5, 0.6) is 0 Å². The molecule has 5 nitrogen and oxygen atoms in total. The molecule has 0 radical (unpaired) electrons. The second-order valence-electron chi connectivity index (χ2n) is 4.48. The third-order valence-electron chi connectivity index (χ3n) is 3.08. The van der Waals surface area contributed by atoms with Crippen LogP contribution in [-0.2, 0) is 6.54 Å². The highest BCUT2D eigenvalue weighted by Gasteiger charge is 2.14. The molecule has 0 aliphatic heterocycles. The summed E-state index contributed by atoms with van der Waals surface area (Å²) >= 11 is 0. The Labute approximate surface area is 115 Å². The molecule has 0 saturated carbocycles. The zero-order valence-corrected chi connectivity index (χ0v) is 11.0. The molecule has 0 aliphatic rings. The van der Waals surface area contributed by atoms with Gasteiger partial charge in [-0.15, -0.1) is 0 Å². The van der Waals surface area contributed by atoms with E-state index in [1.54, 1.807) is 6.07 Å². The van der Waals surface area contributed by atoms with E-state index >= 15 is 0 Å². The first-order valence-electron chi connectivity index (χ1n) is 6.19. The molecule has 2 rings (SSSR count). The number of rotatable bonds is 4. The number of aliphatic hydroxyl groups excluding tert-OH is 1. The number of aryl methyl sites for hydroxylation is 1. The van der Waals surface area contributed by atoms with Crippen molar-refractivity contribution in [2.75, 3.05) is 6.61 Å². The summed E-state index contributed by atoms with van der Waals surface area (Å²) in [6.07, 6.45) is 0. The lowest BCUT2D eigenvalue weighted by Crippen LogP contribution is -2.28. The van der Waals surface area contributed by atoms with Crippen LogP contribution in [0.4, 0.5) is 0 Å². The van der Waals surface area contributed by atoms with Crippen molar-refractivity contribution in [1.82, 2.24) is 4.57 Å². The molecular weight excluding hydrogens is 258 g/mol. The number of nitrogens with zero attached hydrogens (tertiary/aromatic N) is 1. The van der Waals surface area contributed by atoms with E-state index < -0.39 is 11.5 Å². The van der Waals surface area contributed by atoms with Crippen molar-refractivity contribution in [1.29, 1.82) is 0 Å². The lowest BCUT2D eigenvalue weighted by atomic mass is 10.1. The summed E-state index contributed by atoms with van der Waals surface area (Å²) in [4.78, 5) is 23.1. The van der Waals surface area contributed by atoms with Crippen molar-refractivity contribution in [3.05, 3.63) is 57.9 Å². The van der Waals surface area contributed by atoms with Crippen LogP contribution in [0, 0.1) is 6.92 Å². The molecule has 0 atom stereocenters. The second-order valence-corrected chi connectivity index (χ2v) is 4.48. The summed E-state index contributed by atoms with van der Waals surface area (Å²) in [5.74, 6) is -1.27. The maximum atomic E-state index is 12.1. The minimum atomic E-state index is -1.27. The Hall–Kier alpha value is -2.40. The molecule has 0 bridgehead atoms. The summed E-state index contributed by atoms with van der Waals surface area (Å²) < 4.78 is 1.29. The van der Waals surface area contributed by atoms with Crippen LogP contribution >= 0.6 is 0 Å². The zero-order valence-electron chi connectivity index (χ0n) is 11.0. The Morgan fingerprint density at radius 1 is 1.15 bits per heavy atom.